The summed E-state index contributed by atoms with van der Waals surface area (Å²) in [6.07, 6.45) is 6.13. The van der Waals surface area contributed by atoms with Crippen molar-refractivity contribution in [2.45, 2.75) is 32.6 Å². The first-order valence-corrected chi connectivity index (χ1v) is 7.81. The van der Waals surface area contributed by atoms with Crippen LogP contribution < -0.4 is 0 Å². The molecule has 22 heavy (non-hydrogen) atoms. The van der Waals surface area contributed by atoms with Crippen LogP contribution in [0.5, 0.6) is 0 Å². The van der Waals surface area contributed by atoms with Gasteiger partial charge < -0.3 is 4.90 Å². The topological polar surface area (TPSA) is 41.4 Å². The Kier molecular flexibility index (Phi) is 4.18. The normalized spacial score (nSPS) is 14.6. The molecule has 0 atom stereocenters. The van der Waals surface area contributed by atoms with Crippen molar-refractivity contribution in [2.75, 3.05) is 14.1 Å². The van der Waals surface area contributed by atoms with E-state index < -0.39 is 0 Å². The number of rotatable bonds is 2. The van der Waals surface area contributed by atoms with Crippen molar-refractivity contribution < 1.29 is 0 Å². The molecule has 0 saturated carbocycles. The molecule has 1 aliphatic carbocycles. The van der Waals surface area contributed by atoms with E-state index in [0.717, 1.165) is 30.1 Å². The highest BCUT2D eigenvalue weighted by Gasteiger charge is 2.16. The Labute approximate surface area is 131 Å². The van der Waals surface area contributed by atoms with E-state index in [1.54, 1.807) is 6.33 Å². The number of aliphatic imine (C=N–C) groups is 1. The molecule has 0 aliphatic heterocycles. The Balaban J connectivity index is 2.08. The molecule has 0 amide bonds. The Morgan fingerprint density at radius 2 is 1.95 bits per heavy atom. The van der Waals surface area contributed by atoms with E-state index >= 15 is 0 Å². The number of amidine groups is 1. The van der Waals surface area contributed by atoms with E-state index in [0.29, 0.717) is 0 Å². The summed E-state index contributed by atoms with van der Waals surface area (Å²) in [6.45, 7) is 2.10. The van der Waals surface area contributed by atoms with Crippen molar-refractivity contribution in [1.82, 2.24) is 14.9 Å². The molecule has 0 unspecified atom stereocenters. The lowest BCUT2D eigenvalue weighted by Gasteiger charge is -2.19. The quantitative estimate of drug-likeness (QED) is 0.630. The molecule has 4 heteroatoms. The molecular weight excluding hydrogens is 272 g/mol. The lowest BCUT2D eigenvalue weighted by atomic mass is 9.96. The van der Waals surface area contributed by atoms with Crippen LogP contribution in [0.3, 0.4) is 0 Å². The third kappa shape index (κ3) is 3.01. The molecule has 0 spiro atoms. The molecule has 114 valence electrons. The van der Waals surface area contributed by atoms with Crippen molar-refractivity contribution in [1.29, 1.82) is 0 Å². The zero-order valence-electron chi connectivity index (χ0n) is 13.5. The number of aryl methyl sites for hydroxylation is 2. The van der Waals surface area contributed by atoms with Gasteiger partial charge in [0.1, 0.15) is 12.2 Å². The zero-order valence-corrected chi connectivity index (χ0v) is 13.5. The molecular formula is C18H22N4. The smallest absolute Gasteiger partial charge is 0.161 e. The highest BCUT2D eigenvalue weighted by Crippen LogP contribution is 2.27. The number of hydrogen-bond acceptors (Lipinski definition) is 3. The fraction of sp³-hybridized carbons (Fsp3) is 0.389. The molecule has 3 rings (SSSR count). The van der Waals surface area contributed by atoms with Crippen molar-refractivity contribution in [3.63, 3.8) is 0 Å². The molecule has 1 aromatic heterocycles. The molecule has 0 fully saturated rings. The predicted octanol–water partition coefficient (Wildman–Crippen LogP) is 3.30. The van der Waals surface area contributed by atoms with Crippen molar-refractivity contribution in [3.05, 3.63) is 53.0 Å². The van der Waals surface area contributed by atoms with Gasteiger partial charge in [-0.05, 0) is 38.7 Å². The van der Waals surface area contributed by atoms with Crippen LogP contribution >= 0.6 is 0 Å². The standard InChI is InChI=1S/C18H22N4/c1-13-7-6-8-14(11-13)18(22(2)3)21-17-15-9-4-5-10-16(15)19-12-20-17/h6-8,11-12H,4-5,9-10H2,1-3H3. The second-order valence-electron chi connectivity index (χ2n) is 6.03. The van der Waals surface area contributed by atoms with Gasteiger partial charge in [-0.3, -0.25) is 0 Å². The van der Waals surface area contributed by atoms with Gasteiger partial charge in [0.05, 0.1) is 0 Å². The van der Waals surface area contributed by atoms with E-state index in [1.807, 2.05) is 19.0 Å². The summed E-state index contributed by atoms with van der Waals surface area (Å²) >= 11 is 0. The highest BCUT2D eigenvalue weighted by molar-refractivity contribution is 6.00. The summed E-state index contributed by atoms with van der Waals surface area (Å²) in [7, 11) is 4.05. The molecule has 4 nitrogen and oxygen atoms in total. The Morgan fingerprint density at radius 3 is 2.73 bits per heavy atom. The van der Waals surface area contributed by atoms with Gasteiger partial charge in [-0.15, -0.1) is 0 Å². The number of aromatic nitrogens is 2. The molecule has 2 aromatic rings. The first-order chi connectivity index (χ1) is 10.6. The number of benzene rings is 1. The van der Waals surface area contributed by atoms with Gasteiger partial charge in [-0.25, -0.2) is 15.0 Å². The van der Waals surface area contributed by atoms with Gasteiger partial charge >= 0.3 is 0 Å². The van der Waals surface area contributed by atoms with E-state index in [2.05, 4.69) is 41.2 Å². The summed E-state index contributed by atoms with van der Waals surface area (Å²) in [5.74, 6) is 1.77. The van der Waals surface area contributed by atoms with Crippen LogP contribution in [0.4, 0.5) is 5.82 Å². The minimum absolute atomic E-state index is 0.829. The van der Waals surface area contributed by atoms with Gasteiger partial charge in [-0.2, -0.15) is 0 Å². The van der Waals surface area contributed by atoms with Gasteiger partial charge in [0, 0.05) is 30.9 Å². The van der Waals surface area contributed by atoms with Crippen LogP contribution in [-0.4, -0.2) is 34.8 Å². The lowest BCUT2D eigenvalue weighted by molar-refractivity contribution is 0.622. The van der Waals surface area contributed by atoms with E-state index in [9.17, 15) is 0 Å². The van der Waals surface area contributed by atoms with Crippen LogP contribution in [0.1, 0.15) is 35.2 Å². The minimum Gasteiger partial charge on any atom is -0.362 e. The summed E-state index contributed by atoms with van der Waals surface area (Å²) < 4.78 is 0. The molecule has 1 aliphatic rings. The molecule has 1 heterocycles. The van der Waals surface area contributed by atoms with E-state index in [-0.39, 0.29) is 0 Å². The van der Waals surface area contributed by atoms with Gasteiger partial charge in [0.2, 0.25) is 0 Å². The number of fused-ring (bicyclic) bond motifs is 1. The summed E-state index contributed by atoms with van der Waals surface area (Å²) in [5, 5.41) is 0. The van der Waals surface area contributed by atoms with Crippen LogP contribution in [0.15, 0.2) is 35.6 Å². The third-order valence-electron chi connectivity index (χ3n) is 4.01. The van der Waals surface area contributed by atoms with Crippen LogP contribution in [0.2, 0.25) is 0 Å². The second kappa shape index (κ2) is 6.26. The van der Waals surface area contributed by atoms with E-state index in [1.165, 1.54) is 29.7 Å². The fourth-order valence-corrected chi connectivity index (χ4v) is 2.91. The van der Waals surface area contributed by atoms with E-state index in [4.69, 9.17) is 4.99 Å². The Hall–Kier alpha value is -2.23. The average molecular weight is 294 g/mol. The predicted molar refractivity (Wildman–Crippen MR) is 89.7 cm³/mol. The SMILES string of the molecule is Cc1cccc(C(=Nc2ncnc3c2CCCC3)N(C)C)c1. The number of nitrogens with zero attached hydrogens (tertiary/aromatic N) is 4. The lowest BCUT2D eigenvalue weighted by Crippen LogP contribution is -2.23. The van der Waals surface area contributed by atoms with Gasteiger partial charge in [0.25, 0.3) is 0 Å². The Bertz CT molecular complexity index is 704. The number of hydrogen-bond donors (Lipinski definition) is 0. The van der Waals surface area contributed by atoms with Gasteiger partial charge in [-0.1, -0.05) is 23.8 Å². The maximum Gasteiger partial charge on any atom is 0.161 e. The third-order valence-corrected chi connectivity index (χ3v) is 4.01. The molecule has 1 aromatic carbocycles. The monoisotopic (exact) mass is 294 g/mol. The minimum atomic E-state index is 0.829. The van der Waals surface area contributed by atoms with Crippen molar-refractivity contribution in [2.24, 2.45) is 4.99 Å². The fourth-order valence-electron chi connectivity index (χ4n) is 2.91. The summed E-state index contributed by atoms with van der Waals surface area (Å²) in [6, 6.07) is 8.43. The molecule has 0 radical (unpaired) electrons. The first-order valence-electron chi connectivity index (χ1n) is 7.81. The molecule has 0 bridgehead atoms. The zero-order chi connectivity index (χ0) is 15.5. The maximum absolute atomic E-state index is 4.87. The van der Waals surface area contributed by atoms with Gasteiger partial charge in [0.15, 0.2) is 5.82 Å². The van der Waals surface area contributed by atoms with Crippen molar-refractivity contribution in [3.8, 4) is 0 Å². The van der Waals surface area contributed by atoms with Crippen LogP contribution in [-0.2, 0) is 12.8 Å². The van der Waals surface area contributed by atoms with Crippen LogP contribution in [0.25, 0.3) is 0 Å². The van der Waals surface area contributed by atoms with Crippen molar-refractivity contribution >= 4 is 11.7 Å². The average Bonchev–Trinajstić information content (AvgIpc) is 2.52. The molecule has 0 saturated heterocycles. The Morgan fingerprint density at radius 1 is 1.14 bits per heavy atom. The summed E-state index contributed by atoms with van der Waals surface area (Å²) in [4.78, 5) is 15.8. The largest absolute Gasteiger partial charge is 0.362 e. The molecule has 0 N–H and O–H groups in total. The second-order valence-corrected chi connectivity index (χ2v) is 6.03. The van der Waals surface area contributed by atoms with Crippen LogP contribution in [0, 0.1) is 6.92 Å². The maximum atomic E-state index is 4.87. The highest BCUT2D eigenvalue weighted by atomic mass is 15.2. The first kappa shape index (κ1) is 14.7. The summed E-state index contributed by atoms with van der Waals surface area (Å²) in [5.41, 5.74) is 4.74.